The summed E-state index contributed by atoms with van der Waals surface area (Å²) in [5.74, 6) is 1.00. The quantitative estimate of drug-likeness (QED) is 0.0513. The van der Waals surface area contributed by atoms with Gasteiger partial charge in [0.2, 0.25) is 0 Å². The maximum absolute atomic E-state index is 6.12. The van der Waals surface area contributed by atoms with Crippen molar-refractivity contribution in [3.63, 3.8) is 0 Å². The third-order valence-electron chi connectivity index (χ3n) is 6.18. The van der Waals surface area contributed by atoms with Crippen LogP contribution in [0.2, 0.25) is 6.04 Å². The normalized spacial score (nSPS) is 11.6. The third-order valence-corrected chi connectivity index (χ3v) is 7.81. The highest BCUT2D eigenvalue weighted by Crippen LogP contribution is 2.12. The first-order valence-electron chi connectivity index (χ1n) is 14.4. The maximum atomic E-state index is 6.12. The zero-order valence-corrected chi connectivity index (χ0v) is 23.9. The molecule has 0 aliphatic carbocycles. The minimum atomic E-state index is 0.0343. The van der Waals surface area contributed by atoms with E-state index in [0.717, 1.165) is 28.5 Å². The van der Waals surface area contributed by atoms with E-state index in [0.29, 0.717) is 0 Å². The largest absolute Gasteiger partial charge is 0.357 e. The lowest BCUT2D eigenvalue weighted by Crippen LogP contribution is -2.25. The number of hydrogen-bond donors (Lipinski definition) is 1. The van der Waals surface area contributed by atoms with Crippen LogP contribution in [0, 0.1) is 0 Å². The van der Waals surface area contributed by atoms with Gasteiger partial charge in [-0.15, -0.1) is 0 Å². The van der Waals surface area contributed by atoms with Gasteiger partial charge in [0.25, 0.3) is 0 Å². The topological polar surface area (TPSA) is 18.5 Å². The van der Waals surface area contributed by atoms with Gasteiger partial charge in [-0.3, -0.25) is 0 Å². The molecule has 192 valence electrons. The van der Waals surface area contributed by atoms with E-state index >= 15 is 0 Å². The molecule has 32 heavy (non-hydrogen) atoms. The molecule has 0 saturated carbocycles. The average Bonchev–Trinajstić information content (AvgIpc) is 2.80. The fraction of sp³-hybridized carbons (Fsp3) is 1.00. The summed E-state index contributed by atoms with van der Waals surface area (Å²) < 4.78 is 12.2. The minimum absolute atomic E-state index is 0.0343. The van der Waals surface area contributed by atoms with Gasteiger partial charge in [0.15, 0.2) is 0 Å². The summed E-state index contributed by atoms with van der Waals surface area (Å²) in [7, 11) is 0.760. The smallest absolute Gasteiger partial charge is 0.137 e. The molecule has 0 unspecified atom stereocenters. The Hall–Kier alpha value is 0.487. The van der Waals surface area contributed by atoms with E-state index in [1.165, 1.54) is 141 Å². The zero-order chi connectivity index (χ0) is 23.4. The number of unbranched alkanes of at least 4 members (excludes halogenated alkanes) is 18. The van der Waals surface area contributed by atoms with Gasteiger partial charge in [0.1, 0.15) is 15.4 Å². The van der Waals surface area contributed by atoms with Crippen LogP contribution in [0.15, 0.2) is 0 Å². The molecule has 0 amide bonds. The Morgan fingerprint density at radius 1 is 0.500 bits per heavy atom. The van der Waals surface area contributed by atoms with Gasteiger partial charge in [-0.05, 0) is 25.0 Å². The molecule has 0 N–H and O–H groups in total. The molecule has 0 rings (SSSR count). The first-order chi connectivity index (χ1) is 15.8. The lowest BCUT2D eigenvalue weighted by Gasteiger charge is -2.18. The van der Waals surface area contributed by atoms with Crippen molar-refractivity contribution in [2.45, 2.75) is 161 Å². The molecule has 0 aromatic heterocycles. The van der Waals surface area contributed by atoms with Crippen molar-refractivity contribution in [1.29, 1.82) is 0 Å². The van der Waals surface area contributed by atoms with Gasteiger partial charge >= 0.3 is 0 Å². The highest BCUT2D eigenvalue weighted by Gasteiger charge is 2.10. The summed E-state index contributed by atoms with van der Waals surface area (Å²) in [4.78, 5) is 0. The van der Waals surface area contributed by atoms with Crippen LogP contribution in [0.4, 0.5) is 0 Å². The Balaban J connectivity index is 3.59. The van der Waals surface area contributed by atoms with Gasteiger partial charge in [-0.1, -0.05) is 135 Å². The van der Waals surface area contributed by atoms with Crippen molar-refractivity contribution in [1.82, 2.24) is 0 Å². The van der Waals surface area contributed by atoms with Crippen molar-refractivity contribution >= 4 is 22.1 Å². The molecule has 2 radical (unpaired) electrons. The van der Waals surface area contributed by atoms with Gasteiger partial charge in [0, 0.05) is 13.2 Å². The number of ether oxygens (including phenoxy) is 2. The molecule has 0 atom stereocenters. The predicted octanol–water partition coefficient (Wildman–Crippen LogP) is 9.59. The Kier molecular flexibility index (Phi) is 30.0. The molecule has 0 aliphatic heterocycles. The molecular formula is C28H58O2SSi. The highest BCUT2D eigenvalue weighted by atomic mass is 32.1. The molecule has 0 heterocycles. The second-order valence-corrected chi connectivity index (χ2v) is 11.3. The molecule has 0 saturated heterocycles. The lowest BCUT2D eigenvalue weighted by molar-refractivity contribution is -0.0925. The van der Waals surface area contributed by atoms with Crippen LogP contribution in [0.5, 0.6) is 0 Å². The SMILES string of the molecule is CCCCCCCCCCCCOC(OCCCCCCCCCCCC)[Si]CCCS. The molecular weight excluding hydrogens is 428 g/mol. The number of hydrogen-bond acceptors (Lipinski definition) is 3. The first-order valence-corrected chi connectivity index (χ1v) is 16.3. The second kappa shape index (κ2) is 29.5. The standard InChI is InChI=1S/C28H58O2SSi/c1-3-5-7-9-11-13-15-17-19-21-24-29-28(32-27-23-26-31)30-25-22-20-18-16-14-12-10-8-6-4-2/h28,31H,3-27H2,1-2H3. The van der Waals surface area contributed by atoms with Gasteiger partial charge < -0.3 is 9.47 Å². The molecule has 2 nitrogen and oxygen atoms in total. The van der Waals surface area contributed by atoms with Gasteiger partial charge in [-0.2, -0.15) is 12.6 Å². The fourth-order valence-corrected chi connectivity index (χ4v) is 5.57. The Bertz CT molecular complexity index is 305. The van der Waals surface area contributed by atoms with E-state index < -0.39 is 0 Å². The average molecular weight is 487 g/mol. The van der Waals surface area contributed by atoms with Crippen LogP contribution < -0.4 is 0 Å². The second-order valence-electron chi connectivity index (χ2n) is 9.47. The summed E-state index contributed by atoms with van der Waals surface area (Å²) in [6.45, 7) is 6.31. The number of rotatable bonds is 28. The highest BCUT2D eigenvalue weighted by molar-refractivity contribution is 7.80. The van der Waals surface area contributed by atoms with E-state index in [1.807, 2.05) is 0 Å². The van der Waals surface area contributed by atoms with Crippen molar-refractivity contribution < 1.29 is 9.47 Å². The molecule has 0 fully saturated rings. The van der Waals surface area contributed by atoms with E-state index in [2.05, 4.69) is 26.5 Å². The molecule has 0 aliphatic rings. The fourth-order valence-electron chi connectivity index (χ4n) is 4.02. The monoisotopic (exact) mass is 486 g/mol. The van der Waals surface area contributed by atoms with Crippen LogP contribution in [0.3, 0.4) is 0 Å². The van der Waals surface area contributed by atoms with Crippen LogP contribution in [0.1, 0.15) is 149 Å². The molecule has 0 aromatic carbocycles. The third kappa shape index (κ3) is 26.7. The zero-order valence-electron chi connectivity index (χ0n) is 22.0. The number of thiol groups is 1. The molecule has 0 spiro atoms. The Morgan fingerprint density at radius 2 is 0.844 bits per heavy atom. The van der Waals surface area contributed by atoms with Crippen molar-refractivity contribution in [2.75, 3.05) is 19.0 Å². The summed E-state index contributed by atoms with van der Waals surface area (Å²) in [6, 6.07) is 1.18. The van der Waals surface area contributed by atoms with Crippen molar-refractivity contribution in [3.8, 4) is 0 Å². The summed E-state index contributed by atoms with van der Waals surface area (Å²) in [5, 5.41) is 0. The summed E-state index contributed by atoms with van der Waals surface area (Å²) in [5.41, 5.74) is 0. The van der Waals surface area contributed by atoms with Gasteiger partial charge in [-0.25, -0.2) is 0 Å². The Labute approximate surface area is 211 Å². The van der Waals surface area contributed by atoms with E-state index in [-0.39, 0.29) is 5.91 Å². The molecule has 4 heteroatoms. The maximum Gasteiger partial charge on any atom is 0.137 e. The van der Waals surface area contributed by atoms with Crippen LogP contribution in [-0.4, -0.2) is 34.4 Å². The van der Waals surface area contributed by atoms with E-state index in [9.17, 15) is 0 Å². The van der Waals surface area contributed by atoms with Crippen LogP contribution >= 0.6 is 12.6 Å². The van der Waals surface area contributed by atoms with E-state index in [1.54, 1.807) is 0 Å². The van der Waals surface area contributed by atoms with E-state index in [4.69, 9.17) is 9.47 Å². The summed E-state index contributed by atoms with van der Waals surface area (Å²) in [6.07, 6.45) is 28.6. The van der Waals surface area contributed by atoms with Crippen molar-refractivity contribution in [2.24, 2.45) is 0 Å². The predicted molar refractivity (Wildman–Crippen MR) is 148 cm³/mol. The van der Waals surface area contributed by atoms with Crippen LogP contribution in [0.25, 0.3) is 0 Å². The minimum Gasteiger partial charge on any atom is -0.357 e. The first kappa shape index (κ1) is 32.5. The van der Waals surface area contributed by atoms with Gasteiger partial charge in [0.05, 0.1) is 0 Å². The molecule has 0 bridgehead atoms. The summed E-state index contributed by atoms with van der Waals surface area (Å²) >= 11 is 4.35. The van der Waals surface area contributed by atoms with Crippen molar-refractivity contribution in [3.05, 3.63) is 0 Å². The van der Waals surface area contributed by atoms with Crippen LogP contribution in [-0.2, 0) is 9.47 Å². The lowest BCUT2D eigenvalue weighted by atomic mass is 10.1. The Morgan fingerprint density at radius 3 is 1.19 bits per heavy atom. The molecule has 0 aromatic rings.